The van der Waals surface area contributed by atoms with Crippen molar-refractivity contribution in [1.29, 1.82) is 0 Å². The molecule has 4 aromatic carbocycles. The van der Waals surface area contributed by atoms with E-state index in [4.69, 9.17) is 4.42 Å². The number of aliphatic imine (C=N–C) groups is 1. The van der Waals surface area contributed by atoms with E-state index in [-0.39, 0.29) is 5.56 Å². The normalized spacial score (nSPS) is 11.5. The average Bonchev–Trinajstić information content (AvgIpc) is 3.21. The summed E-state index contributed by atoms with van der Waals surface area (Å²) >= 11 is 0. The molecule has 0 aliphatic rings. The zero-order valence-corrected chi connectivity index (χ0v) is 16.1. The minimum absolute atomic E-state index is 0.144. The quantitative estimate of drug-likeness (QED) is 0.225. The van der Waals surface area contributed by atoms with Crippen LogP contribution in [-0.2, 0) is 0 Å². The fourth-order valence-electron chi connectivity index (χ4n) is 3.45. The van der Waals surface area contributed by atoms with Crippen molar-refractivity contribution in [3.63, 3.8) is 0 Å². The second-order valence-electron chi connectivity index (χ2n) is 6.91. The first-order valence-electron chi connectivity index (χ1n) is 9.47. The molecule has 0 saturated carbocycles. The molecule has 7 heteroatoms. The largest absolute Gasteiger partial charge is 0.867 e. The van der Waals surface area contributed by atoms with E-state index in [0.717, 1.165) is 16.3 Å². The number of rotatable bonds is 4. The predicted octanol–water partition coefficient (Wildman–Crippen LogP) is 5.38. The number of nitro benzene ring substituents is 1. The summed E-state index contributed by atoms with van der Waals surface area (Å²) in [5.74, 6) is -0.162. The third-order valence-corrected chi connectivity index (χ3v) is 4.97. The molecule has 0 spiro atoms. The highest BCUT2D eigenvalue weighted by Gasteiger charge is 2.12. The van der Waals surface area contributed by atoms with E-state index in [0.29, 0.717) is 22.7 Å². The number of nitro groups is 1. The molecule has 5 rings (SSSR count). The van der Waals surface area contributed by atoms with Crippen LogP contribution in [0.2, 0.25) is 0 Å². The molecule has 0 radical (unpaired) electrons. The van der Waals surface area contributed by atoms with Crippen LogP contribution < -0.4 is 5.11 Å². The Balaban J connectivity index is 1.51. The maximum absolute atomic E-state index is 12.2. The summed E-state index contributed by atoms with van der Waals surface area (Å²) in [7, 11) is 0. The predicted molar refractivity (Wildman–Crippen MR) is 117 cm³/mol. The summed E-state index contributed by atoms with van der Waals surface area (Å²) < 4.78 is 5.95. The highest BCUT2D eigenvalue weighted by Crippen LogP contribution is 2.32. The number of hydrogen-bond acceptors (Lipinski definition) is 6. The van der Waals surface area contributed by atoms with Gasteiger partial charge in [0.1, 0.15) is 5.52 Å². The second-order valence-corrected chi connectivity index (χ2v) is 6.91. The van der Waals surface area contributed by atoms with Gasteiger partial charge in [-0.25, -0.2) is 4.98 Å². The van der Waals surface area contributed by atoms with E-state index in [1.54, 1.807) is 18.2 Å². The number of fused-ring (bicyclic) bond motifs is 2. The van der Waals surface area contributed by atoms with E-state index in [1.165, 1.54) is 24.4 Å². The van der Waals surface area contributed by atoms with Crippen LogP contribution >= 0.6 is 0 Å². The van der Waals surface area contributed by atoms with Crippen LogP contribution in [-0.4, -0.2) is 16.1 Å². The molecule has 0 aliphatic carbocycles. The first kappa shape index (κ1) is 18.5. The van der Waals surface area contributed by atoms with Gasteiger partial charge < -0.3 is 9.52 Å². The van der Waals surface area contributed by atoms with Gasteiger partial charge in [0.25, 0.3) is 5.69 Å². The van der Waals surface area contributed by atoms with Gasteiger partial charge in [0.05, 0.1) is 10.6 Å². The fourth-order valence-corrected chi connectivity index (χ4v) is 3.45. The zero-order valence-electron chi connectivity index (χ0n) is 16.1. The summed E-state index contributed by atoms with van der Waals surface area (Å²) in [6, 6.07) is 23.3. The van der Waals surface area contributed by atoms with Gasteiger partial charge in [-0.2, -0.15) is 0 Å². The third-order valence-electron chi connectivity index (χ3n) is 4.97. The molecule has 5 aromatic rings. The van der Waals surface area contributed by atoms with Crippen LogP contribution in [0.25, 0.3) is 33.3 Å². The standard InChI is InChI=1S/C24H15N3O4/c28-23-16(7-4-10-21(23)27(29)30)14-25-17-11-12-22-20(13-17)26-24(31-22)19-9-3-6-15-5-1-2-8-18(15)19/h1-14,28H/p-1. The highest BCUT2D eigenvalue weighted by molar-refractivity contribution is 5.96. The van der Waals surface area contributed by atoms with E-state index in [2.05, 4.69) is 9.98 Å². The maximum atomic E-state index is 12.2. The molecule has 0 bridgehead atoms. The van der Waals surface area contributed by atoms with Crippen LogP contribution in [0.4, 0.5) is 11.4 Å². The van der Waals surface area contributed by atoms with E-state index in [9.17, 15) is 15.2 Å². The molecule has 1 aromatic heterocycles. The van der Waals surface area contributed by atoms with Crippen molar-refractivity contribution in [1.82, 2.24) is 4.98 Å². The van der Waals surface area contributed by atoms with Crippen LogP contribution in [0.1, 0.15) is 5.56 Å². The molecule has 0 aliphatic heterocycles. The van der Waals surface area contributed by atoms with Crippen LogP contribution in [0, 0.1) is 10.1 Å². The number of nitrogens with zero attached hydrogens (tertiary/aromatic N) is 3. The monoisotopic (exact) mass is 408 g/mol. The number of benzene rings is 4. The van der Waals surface area contributed by atoms with Crippen LogP contribution in [0.15, 0.2) is 88.3 Å². The third kappa shape index (κ3) is 3.38. The summed E-state index contributed by atoms with van der Waals surface area (Å²) in [5.41, 5.74) is 2.35. The lowest BCUT2D eigenvalue weighted by Crippen LogP contribution is -2.01. The Hall–Kier alpha value is -4.52. The number of para-hydroxylation sites is 1. The van der Waals surface area contributed by atoms with Gasteiger partial charge in [-0.3, -0.25) is 15.1 Å². The lowest BCUT2D eigenvalue weighted by molar-refractivity contribution is -0.398. The van der Waals surface area contributed by atoms with Crippen molar-refractivity contribution in [2.75, 3.05) is 0 Å². The molecular formula is C24H14N3O4-. The number of oxazole rings is 1. The van der Waals surface area contributed by atoms with Crippen molar-refractivity contribution in [3.05, 3.63) is 94.5 Å². The molecule has 1 heterocycles. The average molecular weight is 408 g/mol. The topological polar surface area (TPSA) is 105 Å². The number of aromatic nitrogens is 1. The Morgan fingerprint density at radius 2 is 1.77 bits per heavy atom. The summed E-state index contributed by atoms with van der Waals surface area (Å²) in [5, 5.41) is 25.2. The van der Waals surface area contributed by atoms with Gasteiger partial charge in [0.2, 0.25) is 5.89 Å². The van der Waals surface area contributed by atoms with Gasteiger partial charge in [0, 0.05) is 17.8 Å². The molecule has 0 unspecified atom stereocenters. The molecule has 150 valence electrons. The minimum Gasteiger partial charge on any atom is -0.867 e. The van der Waals surface area contributed by atoms with Crippen molar-refractivity contribution in [2.24, 2.45) is 4.99 Å². The zero-order chi connectivity index (χ0) is 21.4. The van der Waals surface area contributed by atoms with Gasteiger partial charge >= 0.3 is 0 Å². The molecular weight excluding hydrogens is 394 g/mol. The molecule has 0 amide bonds. The van der Waals surface area contributed by atoms with Gasteiger partial charge in [0.15, 0.2) is 5.58 Å². The van der Waals surface area contributed by atoms with Crippen molar-refractivity contribution >= 4 is 39.5 Å². The van der Waals surface area contributed by atoms with E-state index < -0.39 is 16.4 Å². The summed E-state index contributed by atoms with van der Waals surface area (Å²) in [6.45, 7) is 0. The Morgan fingerprint density at radius 1 is 0.968 bits per heavy atom. The van der Waals surface area contributed by atoms with Crippen LogP contribution in [0.3, 0.4) is 0 Å². The summed E-state index contributed by atoms with van der Waals surface area (Å²) in [6.07, 6.45) is 1.32. The second kappa shape index (κ2) is 7.38. The van der Waals surface area contributed by atoms with Crippen molar-refractivity contribution < 1.29 is 14.4 Å². The Morgan fingerprint density at radius 3 is 2.65 bits per heavy atom. The minimum atomic E-state index is -0.698. The SMILES string of the molecule is O=[N+]([O-])c1cccc(C=Nc2ccc3oc(-c4cccc5ccccc45)nc3c2)c1[O-]. The highest BCUT2D eigenvalue weighted by atomic mass is 16.6. The Labute approximate surface area is 176 Å². The summed E-state index contributed by atoms with van der Waals surface area (Å²) in [4.78, 5) is 19.1. The van der Waals surface area contributed by atoms with Gasteiger partial charge in [-0.05, 0) is 46.4 Å². The van der Waals surface area contributed by atoms with Crippen molar-refractivity contribution in [2.45, 2.75) is 0 Å². The maximum Gasteiger partial charge on any atom is 0.262 e. The van der Waals surface area contributed by atoms with Gasteiger partial charge in [-0.1, -0.05) is 48.5 Å². The molecule has 7 nitrogen and oxygen atoms in total. The first-order chi connectivity index (χ1) is 15.1. The fraction of sp³-hybridized carbons (Fsp3) is 0. The van der Waals surface area contributed by atoms with E-state index in [1.807, 2.05) is 42.5 Å². The molecule has 31 heavy (non-hydrogen) atoms. The Kier molecular flexibility index (Phi) is 4.41. The lowest BCUT2D eigenvalue weighted by Gasteiger charge is -2.09. The van der Waals surface area contributed by atoms with E-state index >= 15 is 0 Å². The first-order valence-corrected chi connectivity index (χ1v) is 9.47. The molecule has 0 saturated heterocycles. The smallest absolute Gasteiger partial charge is 0.262 e. The van der Waals surface area contributed by atoms with Crippen LogP contribution in [0.5, 0.6) is 5.75 Å². The van der Waals surface area contributed by atoms with Crippen molar-refractivity contribution in [3.8, 4) is 17.2 Å². The van der Waals surface area contributed by atoms with Gasteiger partial charge in [-0.15, -0.1) is 0 Å². The number of hydrogen-bond donors (Lipinski definition) is 0. The Bertz CT molecular complexity index is 1480. The molecule has 0 atom stereocenters. The molecule has 0 fully saturated rings. The lowest BCUT2D eigenvalue weighted by atomic mass is 10.0. The molecule has 0 N–H and O–H groups in total.